The van der Waals surface area contributed by atoms with Crippen molar-refractivity contribution >= 4 is 93.5 Å². The maximum atomic E-state index is 14.5. The average molecular weight is 1150 g/mol. The van der Waals surface area contributed by atoms with Crippen molar-refractivity contribution in [3.05, 3.63) is 125 Å². The van der Waals surface area contributed by atoms with Crippen LogP contribution in [0.5, 0.6) is 0 Å². The summed E-state index contributed by atoms with van der Waals surface area (Å²) in [6.45, 7) is 5.16. The molecule has 10 rings (SSSR count). The predicted molar refractivity (Wildman–Crippen MR) is 282 cm³/mol. The second-order valence-corrected chi connectivity index (χ2v) is 21.1. The molecule has 0 radical (unpaired) electrons. The number of carbonyl (C=O) groups is 6. The number of nitrogens with one attached hydrogen (secondary N) is 2. The number of esters is 2. The highest BCUT2D eigenvalue weighted by Crippen LogP contribution is 2.40. The van der Waals surface area contributed by atoms with E-state index in [1.165, 1.54) is 56.7 Å². The van der Waals surface area contributed by atoms with Crippen LogP contribution in [0.15, 0.2) is 92.1 Å². The highest BCUT2D eigenvalue weighted by Gasteiger charge is 2.51. The van der Waals surface area contributed by atoms with Gasteiger partial charge < -0.3 is 49.9 Å². The van der Waals surface area contributed by atoms with Crippen molar-refractivity contribution < 1.29 is 57.2 Å². The van der Waals surface area contributed by atoms with Crippen LogP contribution < -0.4 is 10.6 Å². The number of thiazole rings is 2. The number of rotatable bonds is 14. The highest BCUT2D eigenvalue weighted by atomic mass is 35.5. The third kappa shape index (κ3) is 10.9. The van der Waals surface area contributed by atoms with Crippen LogP contribution in [0.2, 0.25) is 10.0 Å². The van der Waals surface area contributed by atoms with E-state index in [0.29, 0.717) is 46.2 Å². The number of ether oxygens (including phenoxy) is 2. The molecule has 6 aliphatic heterocycles. The molecule has 412 valence electrons. The lowest BCUT2D eigenvalue weighted by molar-refractivity contribution is -0.148. The Bertz CT molecular complexity index is 2940. The lowest BCUT2D eigenvalue weighted by Crippen LogP contribution is -2.62. The van der Waals surface area contributed by atoms with E-state index in [1.807, 2.05) is 0 Å². The number of amides is 4. The predicted octanol–water partition coefficient (Wildman–Crippen LogP) is 4.70. The van der Waals surface area contributed by atoms with Crippen LogP contribution in [0.1, 0.15) is 47.1 Å². The van der Waals surface area contributed by atoms with Crippen molar-refractivity contribution in [1.29, 1.82) is 0 Å². The molecule has 0 aliphatic carbocycles. The molecule has 4 fully saturated rings. The van der Waals surface area contributed by atoms with Gasteiger partial charge in [0, 0.05) is 112 Å². The average Bonchev–Trinajstić information content (AvgIpc) is 4.26. The van der Waals surface area contributed by atoms with Crippen LogP contribution in [-0.4, -0.2) is 201 Å². The molecular formula is C50H52Cl2F2N12O10S2. The Morgan fingerprint density at radius 1 is 0.667 bits per heavy atom. The summed E-state index contributed by atoms with van der Waals surface area (Å²) in [6.07, 6.45) is 3.21. The molecule has 78 heavy (non-hydrogen) atoms. The zero-order chi connectivity index (χ0) is 55.7. The van der Waals surface area contributed by atoms with E-state index in [0.717, 1.165) is 0 Å². The summed E-state index contributed by atoms with van der Waals surface area (Å²) in [5, 5.41) is 31.0. The van der Waals surface area contributed by atoms with Crippen LogP contribution in [-0.2, 0) is 28.7 Å². The minimum atomic E-state index is -1.08. The molecule has 2 aromatic heterocycles. The molecule has 0 unspecified atom stereocenters. The molecule has 8 heterocycles. The van der Waals surface area contributed by atoms with Crippen molar-refractivity contribution in [2.45, 2.75) is 50.1 Å². The van der Waals surface area contributed by atoms with Crippen LogP contribution in [0.3, 0.4) is 0 Å². The van der Waals surface area contributed by atoms with Crippen molar-refractivity contribution in [2.24, 2.45) is 9.98 Å². The van der Waals surface area contributed by atoms with E-state index >= 15 is 0 Å². The fraction of sp³-hybridized carbons (Fsp3) is 0.400. The smallest absolute Gasteiger partial charge is 0.338 e. The van der Waals surface area contributed by atoms with Gasteiger partial charge in [-0.2, -0.15) is 0 Å². The number of amidine groups is 2. The van der Waals surface area contributed by atoms with Crippen molar-refractivity contribution in [3.63, 3.8) is 0 Å². The van der Waals surface area contributed by atoms with Crippen molar-refractivity contribution in [3.8, 4) is 0 Å². The number of likely N-dealkylation sites (N-methyl/N-ethyl adjacent to an activating group) is 2. The first-order valence-electron chi connectivity index (χ1n) is 24.6. The van der Waals surface area contributed by atoms with Gasteiger partial charge in [0.2, 0.25) is 0 Å². The molecule has 6 atom stereocenters. The van der Waals surface area contributed by atoms with Crippen LogP contribution >= 0.6 is 45.9 Å². The highest BCUT2D eigenvalue weighted by molar-refractivity contribution is 7.12. The fourth-order valence-corrected chi connectivity index (χ4v) is 12.1. The van der Waals surface area contributed by atoms with Gasteiger partial charge in [-0.3, -0.25) is 29.4 Å². The number of fused-ring (bicyclic) bond motifs is 2. The van der Waals surface area contributed by atoms with Gasteiger partial charge in [-0.05, 0) is 26.0 Å². The van der Waals surface area contributed by atoms with E-state index in [1.54, 1.807) is 82.8 Å². The first kappa shape index (κ1) is 55.6. The van der Waals surface area contributed by atoms with E-state index in [4.69, 9.17) is 42.7 Å². The fourth-order valence-electron chi connectivity index (χ4n) is 10.5. The second kappa shape index (κ2) is 23.5. The Hall–Kier alpha value is -7.10. The van der Waals surface area contributed by atoms with Crippen LogP contribution in [0.4, 0.5) is 18.4 Å². The number of carboxylic acid groups (broad SMARTS) is 2. The number of aliphatic imine (C=N–C) groups is 2. The standard InChI is InChI=1S/2C25H26ClFN6O5S/c2*1-3-38-24(36)17-15(11-32-8-9-33-16(20(32)23(34)35)12-31(2)25(33)37)29-21(22-28-7-10-39-22)30-19(17)13-5-4-6-14(27)18(13)26/h2*4-7,10,16,19-20H,3,8-9,11-12H2,1-2H3,(H,29,30)(H,34,35)/t16-,19+,20+;16-,19-,20+/m10/s1. The number of benzene rings is 2. The number of urea groups is 2. The maximum absolute atomic E-state index is 14.5. The summed E-state index contributed by atoms with van der Waals surface area (Å²) in [7, 11) is 3.27. The third-order valence-electron chi connectivity index (χ3n) is 13.9. The minimum absolute atomic E-state index is 0.00118. The van der Waals surface area contributed by atoms with Gasteiger partial charge in [0.05, 0.1) is 46.5 Å². The molecule has 4 N–H and O–H groups in total. The van der Waals surface area contributed by atoms with Crippen LogP contribution in [0, 0.1) is 11.6 Å². The van der Waals surface area contributed by atoms with Gasteiger partial charge in [-0.15, -0.1) is 22.7 Å². The van der Waals surface area contributed by atoms with E-state index in [9.17, 15) is 47.8 Å². The SMILES string of the molecule is CCOC(=O)C1=C(CN2CCN3C(=O)N(C)C[C@@H]3[C@H]2C(=O)O)NC(c2nccs2)=N[C@H]1c1cccc(F)c1Cl.CCOC(=O)C1=C(CN2CCN3C(=O)N(C)C[C@H]3[C@@H]2C(=O)O)NC(c2nccs2)=N[C@H]1c1cccc(F)c1Cl. The topological polar surface area (TPSA) is 255 Å². The molecule has 4 saturated heterocycles. The van der Waals surface area contributed by atoms with Gasteiger partial charge >= 0.3 is 35.9 Å². The van der Waals surface area contributed by atoms with Gasteiger partial charge in [-0.25, -0.2) is 37.9 Å². The molecule has 22 nitrogen and oxygen atoms in total. The Morgan fingerprint density at radius 2 is 1.06 bits per heavy atom. The third-order valence-corrected chi connectivity index (χ3v) is 16.3. The summed E-state index contributed by atoms with van der Waals surface area (Å²) >= 11 is 15.3. The molecule has 0 bridgehead atoms. The van der Waals surface area contributed by atoms with E-state index in [2.05, 4.69) is 20.6 Å². The number of aromatic nitrogens is 2. The Labute approximate surface area is 463 Å². The zero-order valence-electron chi connectivity index (χ0n) is 42.3. The zero-order valence-corrected chi connectivity index (χ0v) is 45.4. The molecule has 2 aromatic carbocycles. The first-order chi connectivity index (χ1) is 37.4. The molecule has 6 aliphatic rings. The molecule has 0 spiro atoms. The largest absolute Gasteiger partial charge is 0.480 e. The Morgan fingerprint density at radius 3 is 1.41 bits per heavy atom. The first-order valence-corrected chi connectivity index (χ1v) is 27.1. The number of piperazine rings is 2. The van der Waals surface area contributed by atoms with Gasteiger partial charge in [0.25, 0.3) is 0 Å². The Kier molecular flexibility index (Phi) is 16.7. The number of hydrogen-bond acceptors (Lipinski definition) is 18. The van der Waals surface area contributed by atoms with Gasteiger partial charge in [0.15, 0.2) is 21.7 Å². The number of hydrogen-bond donors (Lipinski definition) is 4. The molecule has 28 heteroatoms. The Balaban J connectivity index is 0.000000190. The number of aliphatic carboxylic acids is 2. The normalized spacial score (nSPS) is 23.4. The lowest BCUT2D eigenvalue weighted by Gasteiger charge is -2.42. The lowest BCUT2D eigenvalue weighted by atomic mass is 9.94. The van der Waals surface area contributed by atoms with Crippen LogP contribution in [0.25, 0.3) is 0 Å². The quantitative estimate of drug-likeness (QED) is 0.125. The molecule has 0 saturated carbocycles. The summed E-state index contributed by atoms with van der Waals surface area (Å²) in [6, 6.07) is 2.87. The minimum Gasteiger partial charge on any atom is -0.480 e. The number of carbonyl (C=O) groups excluding carboxylic acids is 4. The van der Waals surface area contributed by atoms with Crippen molar-refractivity contribution in [2.75, 3.05) is 79.7 Å². The van der Waals surface area contributed by atoms with E-state index < -0.39 is 71.8 Å². The second-order valence-electron chi connectivity index (χ2n) is 18.6. The number of halogens is 4. The number of carboxylic acids is 2. The van der Waals surface area contributed by atoms with Gasteiger partial charge in [0.1, 0.15) is 35.8 Å². The van der Waals surface area contributed by atoms with E-state index in [-0.39, 0.29) is 96.9 Å². The molecular weight excluding hydrogens is 1100 g/mol. The summed E-state index contributed by atoms with van der Waals surface area (Å²) < 4.78 is 39.8. The van der Waals surface area contributed by atoms with Crippen molar-refractivity contribution in [1.82, 2.24) is 50.0 Å². The molecule has 4 aromatic rings. The number of nitrogens with zero attached hydrogens (tertiary/aromatic N) is 10. The van der Waals surface area contributed by atoms with Gasteiger partial charge in [-0.1, -0.05) is 47.5 Å². The molecule has 4 amide bonds. The monoisotopic (exact) mass is 1150 g/mol. The maximum Gasteiger partial charge on any atom is 0.338 e. The summed E-state index contributed by atoms with van der Waals surface area (Å²) in [5.41, 5.74) is 1.39. The summed E-state index contributed by atoms with van der Waals surface area (Å²) in [5.74, 6) is -4.21. The summed E-state index contributed by atoms with van der Waals surface area (Å²) in [4.78, 5) is 104.